The maximum absolute atomic E-state index is 3.69. The van der Waals surface area contributed by atoms with Gasteiger partial charge < -0.3 is 14.6 Å². The van der Waals surface area contributed by atoms with E-state index in [1.165, 1.54) is 27.8 Å². The molecule has 0 aliphatic rings. The van der Waals surface area contributed by atoms with Gasteiger partial charge in [-0.3, -0.25) is 0 Å². The number of hydrogen-bond donors (Lipinski definition) is 1. The molecule has 3 rings (SSSR count). The van der Waals surface area contributed by atoms with Crippen molar-refractivity contribution in [1.82, 2.24) is 4.40 Å². The quantitative estimate of drug-likeness (QED) is 0.752. The van der Waals surface area contributed by atoms with Crippen LogP contribution in [-0.4, -0.2) is 24.0 Å². The smallest absolute Gasteiger partial charge is 0.0833 e. The van der Waals surface area contributed by atoms with Gasteiger partial charge in [0.05, 0.1) is 22.4 Å². The van der Waals surface area contributed by atoms with Crippen molar-refractivity contribution in [1.29, 1.82) is 0 Å². The summed E-state index contributed by atoms with van der Waals surface area (Å²) in [6.45, 7) is 6.59. The zero-order valence-electron chi connectivity index (χ0n) is 13.4. The van der Waals surface area contributed by atoms with Gasteiger partial charge in [-0.25, -0.2) is 0 Å². The van der Waals surface area contributed by atoms with Crippen LogP contribution in [0.2, 0.25) is 0 Å². The number of hydrogen-bond acceptors (Lipinski definition) is 2. The standard InChI is InChI=1S/C18H23N3/c1-18(2,3)19-16-15-11-8-12-21(15)14-10-7-6-9-13(14)17(16)20(4)5/h6-12,19H,1-5H3. The van der Waals surface area contributed by atoms with E-state index in [1.54, 1.807) is 0 Å². The Morgan fingerprint density at radius 3 is 2.29 bits per heavy atom. The Bertz CT molecular complexity index is 791. The van der Waals surface area contributed by atoms with Gasteiger partial charge in [0.15, 0.2) is 0 Å². The fourth-order valence-electron chi connectivity index (χ4n) is 2.90. The summed E-state index contributed by atoms with van der Waals surface area (Å²) in [5, 5.41) is 4.95. The van der Waals surface area contributed by atoms with Crippen LogP contribution < -0.4 is 10.2 Å². The molecule has 0 aliphatic carbocycles. The third-order valence-electron chi connectivity index (χ3n) is 3.61. The predicted molar refractivity (Wildman–Crippen MR) is 92.6 cm³/mol. The van der Waals surface area contributed by atoms with E-state index < -0.39 is 0 Å². The summed E-state index contributed by atoms with van der Waals surface area (Å²) < 4.78 is 2.26. The predicted octanol–water partition coefficient (Wildman–Crippen LogP) is 4.37. The number of para-hydroxylation sites is 1. The van der Waals surface area contributed by atoms with Gasteiger partial charge in [0.2, 0.25) is 0 Å². The zero-order chi connectivity index (χ0) is 15.2. The molecular weight excluding hydrogens is 258 g/mol. The maximum atomic E-state index is 3.69. The van der Waals surface area contributed by atoms with Crippen LogP contribution >= 0.6 is 0 Å². The Labute approximate surface area is 126 Å². The van der Waals surface area contributed by atoms with Crippen LogP contribution in [0, 0.1) is 0 Å². The number of benzene rings is 1. The van der Waals surface area contributed by atoms with Gasteiger partial charge in [-0.05, 0) is 39.0 Å². The van der Waals surface area contributed by atoms with Crippen LogP contribution in [0.4, 0.5) is 11.4 Å². The highest BCUT2D eigenvalue weighted by Gasteiger charge is 2.19. The first-order chi connectivity index (χ1) is 9.88. The van der Waals surface area contributed by atoms with E-state index in [0.717, 1.165) is 0 Å². The zero-order valence-corrected chi connectivity index (χ0v) is 13.4. The molecule has 1 aromatic carbocycles. The minimum atomic E-state index is 0.0119. The number of pyridine rings is 1. The van der Waals surface area contributed by atoms with E-state index in [2.05, 4.69) is 92.1 Å². The molecule has 0 unspecified atom stereocenters. The molecule has 2 heterocycles. The van der Waals surface area contributed by atoms with Crippen molar-refractivity contribution in [3.05, 3.63) is 42.6 Å². The number of nitrogens with one attached hydrogen (secondary N) is 1. The summed E-state index contributed by atoms with van der Waals surface area (Å²) >= 11 is 0. The highest BCUT2D eigenvalue weighted by molar-refractivity contribution is 6.05. The Hall–Kier alpha value is -2.16. The van der Waals surface area contributed by atoms with Crippen LogP contribution in [0.3, 0.4) is 0 Å². The van der Waals surface area contributed by atoms with Gasteiger partial charge in [-0.1, -0.05) is 18.2 Å². The topological polar surface area (TPSA) is 19.7 Å². The lowest BCUT2D eigenvalue weighted by molar-refractivity contribution is 0.634. The van der Waals surface area contributed by atoms with E-state index >= 15 is 0 Å². The summed E-state index contributed by atoms with van der Waals surface area (Å²) in [6, 6.07) is 12.8. The first-order valence-corrected chi connectivity index (χ1v) is 7.36. The summed E-state index contributed by atoms with van der Waals surface area (Å²) in [4.78, 5) is 2.20. The highest BCUT2D eigenvalue weighted by atomic mass is 15.1. The van der Waals surface area contributed by atoms with Crippen molar-refractivity contribution in [3.8, 4) is 0 Å². The molecule has 2 aromatic heterocycles. The molecule has 1 N–H and O–H groups in total. The molecular formula is C18H23N3. The van der Waals surface area contributed by atoms with Gasteiger partial charge in [-0.2, -0.15) is 0 Å². The van der Waals surface area contributed by atoms with Crippen molar-refractivity contribution >= 4 is 27.8 Å². The molecule has 3 aromatic rings. The summed E-state index contributed by atoms with van der Waals surface area (Å²) in [5.41, 5.74) is 4.90. The molecule has 0 radical (unpaired) electrons. The van der Waals surface area contributed by atoms with Crippen molar-refractivity contribution in [2.45, 2.75) is 26.3 Å². The average molecular weight is 281 g/mol. The highest BCUT2D eigenvalue weighted by Crippen LogP contribution is 2.38. The minimum absolute atomic E-state index is 0.0119. The third kappa shape index (κ3) is 2.33. The number of nitrogens with zero attached hydrogens (tertiary/aromatic N) is 2. The molecule has 0 saturated carbocycles. The first-order valence-electron chi connectivity index (χ1n) is 7.36. The van der Waals surface area contributed by atoms with Crippen molar-refractivity contribution in [2.75, 3.05) is 24.3 Å². The molecule has 0 atom stereocenters. The van der Waals surface area contributed by atoms with Gasteiger partial charge in [0.1, 0.15) is 0 Å². The first kappa shape index (κ1) is 13.8. The van der Waals surface area contributed by atoms with Gasteiger partial charge in [-0.15, -0.1) is 0 Å². The summed E-state index contributed by atoms with van der Waals surface area (Å²) in [7, 11) is 4.21. The van der Waals surface area contributed by atoms with Crippen molar-refractivity contribution < 1.29 is 0 Å². The van der Waals surface area contributed by atoms with Crippen molar-refractivity contribution in [2.24, 2.45) is 0 Å². The molecule has 0 bridgehead atoms. The number of rotatable bonds is 2. The second kappa shape index (κ2) is 4.69. The van der Waals surface area contributed by atoms with E-state index in [0.29, 0.717) is 0 Å². The lowest BCUT2D eigenvalue weighted by Crippen LogP contribution is -2.28. The van der Waals surface area contributed by atoms with E-state index in [4.69, 9.17) is 0 Å². The van der Waals surface area contributed by atoms with Crippen LogP contribution in [0.15, 0.2) is 42.6 Å². The number of aromatic nitrogens is 1. The fourth-order valence-corrected chi connectivity index (χ4v) is 2.90. The Kier molecular flexibility index (Phi) is 3.08. The van der Waals surface area contributed by atoms with Gasteiger partial charge >= 0.3 is 0 Å². The van der Waals surface area contributed by atoms with Crippen LogP contribution in [0.5, 0.6) is 0 Å². The molecule has 0 aliphatic heterocycles. The maximum Gasteiger partial charge on any atom is 0.0833 e. The third-order valence-corrected chi connectivity index (χ3v) is 3.61. The molecule has 110 valence electrons. The lowest BCUT2D eigenvalue weighted by Gasteiger charge is -2.29. The number of fused-ring (bicyclic) bond motifs is 3. The largest absolute Gasteiger partial charge is 0.377 e. The van der Waals surface area contributed by atoms with E-state index in [1.807, 2.05) is 0 Å². The molecule has 0 amide bonds. The molecule has 3 heteroatoms. The Balaban J connectivity index is 2.46. The van der Waals surface area contributed by atoms with Crippen LogP contribution in [0.25, 0.3) is 16.4 Å². The van der Waals surface area contributed by atoms with Gasteiger partial charge in [0.25, 0.3) is 0 Å². The second-order valence-corrected chi connectivity index (χ2v) is 6.77. The van der Waals surface area contributed by atoms with E-state index in [-0.39, 0.29) is 5.54 Å². The van der Waals surface area contributed by atoms with Crippen LogP contribution in [-0.2, 0) is 0 Å². The second-order valence-electron chi connectivity index (χ2n) is 6.77. The lowest BCUT2D eigenvalue weighted by atomic mass is 10.1. The summed E-state index contributed by atoms with van der Waals surface area (Å²) in [5.74, 6) is 0. The summed E-state index contributed by atoms with van der Waals surface area (Å²) in [6.07, 6.45) is 2.13. The molecule has 0 fully saturated rings. The molecule has 0 saturated heterocycles. The fraction of sp³-hybridized carbons (Fsp3) is 0.333. The number of anilines is 2. The molecule has 3 nitrogen and oxygen atoms in total. The normalized spacial score (nSPS) is 12.0. The molecule has 0 spiro atoms. The minimum Gasteiger partial charge on any atom is -0.377 e. The average Bonchev–Trinajstić information content (AvgIpc) is 2.86. The Morgan fingerprint density at radius 2 is 1.62 bits per heavy atom. The van der Waals surface area contributed by atoms with E-state index in [9.17, 15) is 0 Å². The Morgan fingerprint density at radius 1 is 0.952 bits per heavy atom. The van der Waals surface area contributed by atoms with Gasteiger partial charge in [0, 0.05) is 31.2 Å². The monoisotopic (exact) mass is 281 g/mol. The SMILES string of the molecule is CN(C)c1c(NC(C)(C)C)c2cccn2c2ccccc12. The van der Waals surface area contributed by atoms with Crippen LogP contribution in [0.1, 0.15) is 20.8 Å². The molecule has 21 heavy (non-hydrogen) atoms. The van der Waals surface area contributed by atoms with Crippen molar-refractivity contribution in [3.63, 3.8) is 0 Å².